The van der Waals surface area contributed by atoms with Crippen molar-refractivity contribution in [3.8, 4) is 5.75 Å². The molecule has 0 unspecified atom stereocenters. The van der Waals surface area contributed by atoms with E-state index >= 15 is 0 Å². The van der Waals surface area contributed by atoms with Crippen LogP contribution in [0.2, 0.25) is 10.0 Å². The van der Waals surface area contributed by atoms with E-state index in [0.29, 0.717) is 39.4 Å². The Bertz CT molecular complexity index is 952. The molecule has 0 saturated carbocycles. The molecule has 1 heterocycles. The Labute approximate surface area is 166 Å². The zero-order valence-corrected chi connectivity index (χ0v) is 15.9. The molecule has 27 heavy (non-hydrogen) atoms. The molecule has 0 fully saturated rings. The van der Waals surface area contributed by atoms with Crippen molar-refractivity contribution < 1.29 is 13.9 Å². The van der Waals surface area contributed by atoms with Gasteiger partial charge in [-0.15, -0.1) is 0 Å². The molecule has 0 saturated heterocycles. The van der Waals surface area contributed by atoms with Crippen LogP contribution in [0.1, 0.15) is 28.6 Å². The first kappa shape index (κ1) is 19.0. The van der Waals surface area contributed by atoms with Crippen molar-refractivity contribution in [2.75, 3.05) is 0 Å². The van der Waals surface area contributed by atoms with Gasteiger partial charge in [-0.25, -0.2) is 5.43 Å². The number of hydrogen-bond acceptors (Lipinski definition) is 4. The van der Waals surface area contributed by atoms with Crippen molar-refractivity contribution in [2.24, 2.45) is 5.10 Å². The highest BCUT2D eigenvalue weighted by atomic mass is 35.5. The Kier molecular flexibility index (Phi) is 6.16. The molecule has 0 spiro atoms. The van der Waals surface area contributed by atoms with Gasteiger partial charge in [0.2, 0.25) is 0 Å². The Morgan fingerprint density at radius 3 is 2.59 bits per heavy atom. The van der Waals surface area contributed by atoms with Crippen LogP contribution in [0.15, 0.2) is 70.4 Å². The molecule has 0 atom stereocenters. The highest BCUT2D eigenvalue weighted by Gasteiger charge is 2.07. The van der Waals surface area contributed by atoms with Gasteiger partial charge < -0.3 is 9.15 Å². The van der Waals surface area contributed by atoms with Crippen LogP contribution in [0, 0.1) is 0 Å². The van der Waals surface area contributed by atoms with Crippen LogP contribution in [-0.4, -0.2) is 11.6 Å². The molecule has 1 N–H and O–H groups in total. The molecule has 2 aromatic carbocycles. The second kappa shape index (κ2) is 8.75. The van der Waals surface area contributed by atoms with Gasteiger partial charge in [0, 0.05) is 21.2 Å². The first-order valence-electron chi connectivity index (χ1n) is 8.08. The van der Waals surface area contributed by atoms with Crippen molar-refractivity contribution in [3.63, 3.8) is 0 Å². The summed E-state index contributed by atoms with van der Waals surface area (Å²) in [6.07, 6.45) is 1.55. The Hall–Kier alpha value is -2.76. The van der Waals surface area contributed by atoms with Gasteiger partial charge in [0.05, 0.1) is 6.26 Å². The number of amides is 1. The minimum Gasteiger partial charge on any atom is -0.489 e. The molecular formula is C20H16Cl2N2O3. The number of nitrogens with one attached hydrogen (secondary N) is 1. The van der Waals surface area contributed by atoms with Crippen molar-refractivity contribution >= 4 is 34.8 Å². The number of rotatable bonds is 6. The van der Waals surface area contributed by atoms with Crippen molar-refractivity contribution in [3.05, 3.63) is 87.8 Å². The Morgan fingerprint density at radius 1 is 1.15 bits per heavy atom. The molecule has 7 heteroatoms. The molecule has 0 bridgehead atoms. The van der Waals surface area contributed by atoms with Gasteiger partial charge in [-0.05, 0) is 55.5 Å². The normalized spacial score (nSPS) is 11.3. The van der Waals surface area contributed by atoms with Gasteiger partial charge in [-0.2, -0.15) is 5.10 Å². The maximum atomic E-state index is 12.2. The Morgan fingerprint density at radius 2 is 1.93 bits per heavy atom. The number of carbonyl (C=O) groups excluding carboxylic acids is 1. The van der Waals surface area contributed by atoms with E-state index in [1.807, 2.05) is 6.07 Å². The third-order valence-electron chi connectivity index (χ3n) is 3.73. The SMILES string of the molecule is C/C(=N\NC(=O)c1ccc(OCc2ccc(Cl)cc2Cl)cc1)c1ccco1. The van der Waals surface area contributed by atoms with Gasteiger partial charge >= 0.3 is 0 Å². The Balaban J connectivity index is 1.58. The number of furan rings is 1. The van der Waals surface area contributed by atoms with E-state index in [0.717, 1.165) is 5.56 Å². The quantitative estimate of drug-likeness (QED) is 0.448. The zero-order chi connectivity index (χ0) is 19.2. The van der Waals surface area contributed by atoms with Crippen molar-refractivity contribution in [1.82, 2.24) is 5.43 Å². The number of nitrogens with zero attached hydrogens (tertiary/aromatic N) is 1. The monoisotopic (exact) mass is 402 g/mol. The smallest absolute Gasteiger partial charge is 0.271 e. The van der Waals surface area contributed by atoms with Gasteiger partial charge in [0.15, 0.2) is 0 Å². The van der Waals surface area contributed by atoms with Crippen molar-refractivity contribution in [2.45, 2.75) is 13.5 Å². The number of hydrogen-bond donors (Lipinski definition) is 1. The van der Waals surface area contributed by atoms with E-state index in [2.05, 4.69) is 10.5 Å². The molecule has 0 aliphatic rings. The molecule has 3 rings (SSSR count). The first-order valence-corrected chi connectivity index (χ1v) is 8.84. The minimum atomic E-state index is -0.326. The van der Waals surface area contributed by atoms with Crippen molar-refractivity contribution in [1.29, 1.82) is 0 Å². The number of hydrazone groups is 1. The summed E-state index contributed by atoms with van der Waals surface area (Å²) in [7, 11) is 0. The average Bonchev–Trinajstić information content (AvgIpc) is 3.20. The molecule has 0 aliphatic heterocycles. The van der Waals surface area contributed by atoms with E-state index in [1.165, 1.54) is 0 Å². The summed E-state index contributed by atoms with van der Waals surface area (Å²) in [5, 5.41) is 5.14. The summed E-state index contributed by atoms with van der Waals surface area (Å²) < 4.78 is 10.9. The van der Waals surface area contributed by atoms with Crippen LogP contribution in [0.25, 0.3) is 0 Å². The summed E-state index contributed by atoms with van der Waals surface area (Å²) in [6.45, 7) is 2.05. The molecule has 138 valence electrons. The topological polar surface area (TPSA) is 63.8 Å². The standard InChI is InChI=1S/C20H16Cl2N2O3/c1-13(19-3-2-10-26-19)23-24-20(25)14-5-8-17(9-6-14)27-12-15-4-7-16(21)11-18(15)22/h2-11H,12H2,1H3,(H,24,25)/b23-13+. The lowest BCUT2D eigenvalue weighted by Crippen LogP contribution is -2.19. The van der Waals surface area contributed by atoms with E-state index in [1.54, 1.807) is 61.7 Å². The summed E-state index contributed by atoms with van der Waals surface area (Å²) in [6, 6.07) is 15.5. The summed E-state index contributed by atoms with van der Waals surface area (Å²) in [5.74, 6) is 0.890. The third kappa shape index (κ3) is 5.12. The lowest BCUT2D eigenvalue weighted by molar-refractivity contribution is 0.0954. The number of halogens is 2. The molecule has 0 aliphatic carbocycles. The fourth-order valence-electron chi connectivity index (χ4n) is 2.24. The van der Waals surface area contributed by atoms with E-state index in [4.69, 9.17) is 32.4 Å². The third-order valence-corrected chi connectivity index (χ3v) is 4.32. The summed E-state index contributed by atoms with van der Waals surface area (Å²) in [5.41, 5.74) is 4.36. The zero-order valence-electron chi connectivity index (χ0n) is 14.4. The molecular weight excluding hydrogens is 387 g/mol. The largest absolute Gasteiger partial charge is 0.489 e. The minimum absolute atomic E-state index is 0.300. The van der Waals surface area contributed by atoms with Crippen LogP contribution in [0.5, 0.6) is 5.75 Å². The second-order valence-corrected chi connectivity index (χ2v) is 6.51. The lowest BCUT2D eigenvalue weighted by Gasteiger charge is -2.09. The number of ether oxygens (including phenoxy) is 1. The summed E-state index contributed by atoms with van der Waals surface area (Å²) >= 11 is 12.0. The lowest BCUT2D eigenvalue weighted by atomic mass is 10.2. The molecule has 5 nitrogen and oxygen atoms in total. The second-order valence-electron chi connectivity index (χ2n) is 5.66. The van der Waals surface area contributed by atoms with Gasteiger partial charge in [-0.3, -0.25) is 4.79 Å². The highest BCUT2D eigenvalue weighted by Crippen LogP contribution is 2.23. The van der Waals surface area contributed by atoms with E-state index in [9.17, 15) is 4.79 Å². The first-order chi connectivity index (χ1) is 13.0. The van der Waals surface area contributed by atoms with Crippen LogP contribution in [0.4, 0.5) is 0 Å². The highest BCUT2D eigenvalue weighted by molar-refractivity contribution is 6.35. The molecule has 0 radical (unpaired) electrons. The maximum absolute atomic E-state index is 12.2. The van der Waals surface area contributed by atoms with Gasteiger partial charge in [0.1, 0.15) is 23.8 Å². The average molecular weight is 403 g/mol. The van der Waals surface area contributed by atoms with Crippen LogP contribution in [0.3, 0.4) is 0 Å². The van der Waals surface area contributed by atoms with Crippen LogP contribution in [-0.2, 0) is 6.61 Å². The van der Waals surface area contributed by atoms with Crippen LogP contribution < -0.4 is 10.2 Å². The molecule has 1 amide bonds. The summed E-state index contributed by atoms with van der Waals surface area (Å²) in [4.78, 5) is 12.2. The fourth-order valence-corrected chi connectivity index (χ4v) is 2.70. The fraction of sp³-hybridized carbons (Fsp3) is 0.100. The maximum Gasteiger partial charge on any atom is 0.271 e. The van der Waals surface area contributed by atoms with Crippen LogP contribution >= 0.6 is 23.2 Å². The van der Waals surface area contributed by atoms with Gasteiger partial charge in [-0.1, -0.05) is 29.3 Å². The van der Waals surface area contributed by atoms with E-state index < -0.39 is 0 Å². The predicted molar refractivity (Wildman–Crippen MR) is 106 cm³/mol. The predicted octanol–water partition coefficient (Wildman–Crippen LogP) is 5.32. The number of carbonyl (C=O) groups is 1. The van der Waals surface area contributed by atoms with Gasteiger partial charge in [0.25, 0.3) is 5.91 Å². The molecule has 3 aromatic rings. The molecule has 1 aromatic heterocycles. The van der Waals surface area contributed by atoms with E-state index in [-0.39, 0.29) is 5.91 Å². The number of benzene rings is 2.